The molecule has 0 radical (unpaired) electrons. The molecule has 0 atom stereocenters. The van der Waals surface area contributed by atoms with Crippen molar-refractivity contribution in [3.8, 4) is 11.6 Å². The Labute approximate surface area is 218 Å². The second kappa shape index (κ2) is 8.78. The minimum absolute atomic E-state index is 0.199. The Bertz CT molecular complexity index is 1910. The minimum Gasteiger partial charge on any atom is -0.494 e. The molecule has 0 saturated heterocycles. The van der Waals surface area contributed by atoms with Crippen molar-refractivity contribution < 1.29 is 14.7 Å². The largest absolute Gasteiger partial charge is 0.494 e. The Hall–Kier alpha value is -5.10. The highest BCUT2D eigenvalue weighted by atomic mass is 16.3. The van der Waals surface area contributed by atoms with Gasteiger partial charge in [-0.1, -0.05) is 60.2 Å². The van der Waals surface area contributed by atoms with Gasteiger partial charge in [0.1, 0.15) is 0 Å². The van der Waals surface area contributed by atoms with Crippen molar-refractivity contribution in [1.82, 2.24) is 4.57 Å². The van der Waals surface area contributed by atoms with Gasteiger partial charge < -0.3 is 5.11 Å². The van der Waals surface area contributed by atoms with Gasteiger partial charge in [-0.15, -0.1) is 0 Å². The van der Waals surface area contributed by atoms with Gasteiger partial charge in [0, 0.05) is 39.2 Å². The molecule has 6 nitrogen and oxygen atoms in total. The van der Waals surface area contributed by atoms with E-state index >= 15 is 0 Å². The fourth-order valence-electron chi connectivity index (χ4n) is 5.08. The quantitative estimate of drug-likeness (QED) is 0.311. The average Bonchev–Trinajstić information content (AvgIpc) is 2.93. The van der Waals surface area contributed by atoms with E-state index in [9.17, 15) is 19.5 Å². The summed E-state index contributed by atoms with van der Waals surface area (Å²) in [5.41, 5.74) is 4.34. The van der Waals surface area contributed by atoms with Gasteiger partial charge in [0.25, 0.3) is 5.56 Å². The topological polar surface area (TPSA) is 88.7 Å². The molecule has 0 saturated carbocycles. The average molecular weight is 499 g/mol. The highest BCUT2D eigenvalue weighted by Crippen LogP contribution is 2.31. The van der Waals surface area contributed by atoms with Gasteiger partial charge in [-0.3, -0.25) is 19.4 Å². The van der Waals surface area contributed by atoms with E-state index in [1.165, 1.54) is 10.8 Å². The first-order valence-corrected chi connectivity index (χ1v) is 12.2. The molecule has 0 amide bonds. The number of aliphatic imine (C=N–C) groups is 1. The number of aromatic hydroxyl groups is 1. The van der Waals surface area contributed by atoms with Gasteiger partial charge in [-0.25, -0.2) is 4.57 Å². The van der Waals surface area contributed by atoms with Crippen LogP contribution in [0.25, 0.3) is 16.5 Å². The van der Waals surface area contributed by atoms with Crippen molar-refractivity contribution in [2.24, 2.45) is 4.99 Å². The summed E-state index contributed by atoms with van der Waals surface area (Å²) in [6.07, 6.45) is 1.49. The number of ketones is 2. The smallest absolute Gasteiger partial charge is 0.265 e. The zero-order valence-electron chi connectivity index (χ0n) is 20.7. The molecule has 1 aliphatic rings. The standard InChI is InChI=1S/C32H22N2O4/c1-18-11-14-28(19(2)15-18)34-31(37)25-10-6-3-7-21(25)27(32(34)38)17-33-20-12-13-24-26(16-20)30(36)23-9-5-4-8-22(23)29(24)35/h3-17,38H,1-2H3. The lowest BCUT2D eigenvalue weighted by Crippen LogP contribution is -2.21. The molecule has 0 bridgehead atoms. The first kappa shape index (κ1) is 23.3. The van der Waals surface area contributed by atoms with E-state index < -0.39 is 0 Å². The number of aromatic nitrogens is 1. The van der Waals surface area contributed by atoms with Crippen LogP contribution in [-0.2, 0) is 0 Å². The maximum Gasteiger partial charge on any atom is 0.265 e. The van der Waals surface area contributed by atoms with Gasteiger partial charge >= 0.3 is 0 Å². The third-order valence-corrected chi connectivity index (χ3v) is 6.95. The maximum absolute atomic E-state index is 13.4. The van der Waals surface area contributed by atoms with Gasteiger partial charge in [-0.2, -0.15) is 0 Å². The minimum atomic E-state index is -0.334. The first-order valence-electron chi connectivity index (χ1n) is 12.2. The Morgan fingerprint density at radius 3 is 2.05 bits per heavy atom. The predicted octanol–water partition coefficient (Wildman–Crippen LogP) is 5.84. The maximum atomic E-state index is 13.4. The molecule has 1 N–H and O–H groups in total. The van der Waals surface area contributed by atoms with Crippen molar-refractivity contribution in [2.45, 2.75) is 13.8 Å². The summed E-state index contributed by atoms with van der Waals surface area (Å²) in [4.78, 5) is 44.0. The van der Waals surface area contributed by atoms with Crippen molar-refractivity contribution in [1.29, 1.82) is 0 Å². The fraction of sp³-hybridized carbons (Fsp3) is 0.0625. The molecule has 1 heterocycles. The van der Waals surface area contributed by atoms with E-state index in [1.807, 2.05) is 32.0 Å². The van der Waals surface area contributed by atoms with Crippen LogP contribution in [0.1, 0.15) is 48.5 Å². The molecule has 0 unspecified atom stereocenters. The highest BCUT2D eigenvalue weighted by molar-refractivity contribution is 6.28. The number of aryl methyl sites for hydroxylation is 2. The molecule has 5 aromatic rings. The van der Waals surface area contributed by atoms with Gasteiger partial charge in [0.2, 0.25) is 5.88 Å². The summed E-state index contributed by atoms with van der Waals surface area (Å²) in [6.45, 7) is 3.86. The molecule has 0 fully saturated rings. The number of hydrogen-bond donors (Lipinski definition) is 1. The molecule has 1 aliphatic carbocycles. The number of carbonyl (C=O) groups excluding carboxylic acids is 2. The molecule has 38 heavy (non-hydrogen) atoms. The lowest BCUT2D eigenvalue weighted by molar-refractivity contribution is 0.0979. The van der Waals surface area contributed by atoms with E-state index in [2.05, 4.69) is 4.99 Å². The highest BCUT2D eigenvalue weighted by Gasteiger charge is 2.29. The van der Waals surface area contributed by atoms with Crippen LogP contribution in [0.4, 0.5) is 5.69 Å². The zero-order chi connectivity index (χ0) is 26.6. The van der Waals surface area contributed by atoms with Crippen LogP contribution in [0.15, 0.2) is 94.7 Å². The summed E-state index contributed by atoms with van der Waals surface area (Å²) >= 11 is 0. The lowest BCUT2D eigenvalue weighted by Gasteiger charge is -2.17. The molecular weight excluding hydrogens is 476 g/mol. The summed E-state index contributed by atoms with van der Waals surface area (Å²) in [5, 5.41) is 12.3. The number of benzene rings is 4. The SMILES string of the molecule is Cc1ccc(-n2c(O)c(C=Nc3ccc4c(c3)C(=O)c3ccccc3C4=O)c3ccccc3c2=O)c(C)c1. The third-order valence-electron chi connectivity index (χ3n) is 6.95. The van der Waals surface area contributed by atoms with Crippen LogP contribution < -0.4 is 5.56 Å². The number of fused-ring (bicyclic) bond motifs is 3. The van der Waals surface area contributed by atoms with Crippen LogP contribution in [0.3, 0.4) is 0 Å². The van der Waals surface area contributed by atoms with Crippen molar-refractivity contribution >= 4 is 34.2 Å². The summed E-state index contributed by atoms with van der Waals surface area (Å²) in [5.74, 6) is -0.665. The number of carbonyl (C=O) groups is 2. The molecule has 6 heteroatoms. The van der Waals surface area contributed by atoms with Crippen molar-refractivity contribution in [2.75, 3.05) is 0 Å². The Morgan fingerprint density at radius 1 is 0.711 bits per heavy atom. The normalized spacial score (nSPS) is 12.7. The Balaban J connectivity index is 1.50. The van der Waals surface area contributed by atoms with Crippen LogP contribution in [0, 0.1) is 13.8 Å². The van der Waals surface area contributed by atoms with Crippen molar-refractivity contribution in [3.63, 3.8) is 0 Å². The van der Waals surface area contributed by atoms with Crippen LogP contribution in [0.2, 0.25) is 0 Å². The number of hydrogen-bond acceptors (Lipinski definition) is 5. The van der Waals surface area contributed by atoms with E-state index in [0.717, 1.165) is 11.1 Å². The number of pyridine rings is 1. The second-order valence-corrected chi connectivity index (χ2v) is 9.41. The van der Waals surface area contributed by atoms with E-state index in [0.29, 0.717) is 44.4 Å². The summed E-state index contributed by atoms with van der Waals surface area (Å²) in [6, 6.07) is 24.3. The molecular formula is C32H22N2O4. The molecule has 0 spiro atoms. The Kier molecular flexibility index (Phi) is 5.39. The van der Waals surface area contributed by atoms with E-state index in [-0.39, 0.29) is 28.6 Å². The molecule has 0 aliphatic heterocycles. The van der Waals surface area contributed by atoms with E-state index in [4.69, 9.17) is 0 Å². The van der Waals surface area contributed by atoms with Gasteiger partial charge in [0.05, 0.1) is 16.9 Å². The van der Waals surface area contributed by atoms with Gasteiger partial charge in [0.15, 0.2) is 11.6 Å². The fourth-order valence-corrected chi connectivity index (χ4v) is 5.08. The molecule has 6 rings (SSSR count). The predicted molar refractivity (Wildman–Crippen MR) is 148 cm³/mol. The molecule has 4 aromatic carbocycles. The van der Waals surface area contributed by atoms with Crippen LogP contribution in [0.5, 0.6) is 5.88 Å². The van der Waals surface area contributed by atoms with Crippen LogP contribution in [-0.4, -0.2) is 27.5 Å². The van der Waals surface area contributed by atoms with Crippen molar-refractivity contribution in [3.05, 3.63) is 134 Å². The third kappa shape index (κ3) is 3.58. The summed E-state index contributed by atoms with van der Waals surface area (Å²) < 4.78 is 1.30. The van der Waals surface area contributed by atoms with E-state index in [1.54, 1.807) is 66.7 Å². The summed E-state index contributed by atoms with van der Waals surface area (Å²) in [7, 11) is 0. The molecule has 184 valence electrons. The number of rotatable bonds is 3. The number of nitrogens with zero attached hydrogens (tertiary/aromatic N) is 2. The monoisotopic (exact) mass is 498 g/mol. The second-order valence-electron chi connectivity index (χ2n) is 9.41. The lowest BCUT2D eigenvalue weighted by atomic mass is 9.84. The van der Waals surface area contributed by atoms with Crippen LogP contribution >= 0.6 is 0 Å². The molecule has 1 aromatic heterocycles. The first-order chi connectivity index (χ1) is 18.3. The zero-order valence-corrected chi connectivity index (χ0v) is 20.7. The Morgan fingerprint density at radius 2 is 1.34 bits per heavy atom. The van der Waals surface area contributed by atoms with Gasteiger partial charge in [-0.05, 0) is 49.7 Å².